The number of fused-ring (bicyclic) bond motifs is 1. The van der Waals surface area contributed by atoms with Crippen molar-refractivity contribution in [2.24, 2.45) is 0 Å². The minimum absolute atomic E-state index is 0.0718. The Bertz CT molecular complexity index is 940. The number of amides is 2. The molecule has 0 saturated carbocycles. The van der Waals surface area contributed by atoms with E-state index in [0.29, 0.717) is 50.8 Å². The van der Waals surface area contributed by atoms with Crippen LogP contribution >= 0.6 is 0 Å². The first-order chi connectivity index (χ1) is 13.7. The molecule has 8 nitrogen and oxygen atoms in total. The van der Waals surface area contributed by atoms with Crippen molar-refractivity contribution in [2.45, 2.75) is 45.6 Å². The number of aryl methyl sites for hydroxylation is 1. The minimum atomic E-state index is -0.524. The fraction of sp³-hybridized carbons (Fsp3) is 0.524. The molecule has 156 valence electrons. The lowest BCUT2D eigenvalue weighted by Crippen LogP contribution is -2.51. The molecule has 1 aromatic carbocycles. The lowest BCUT2D eigenvalue weighted by atomic mass is 10.1. The summed E-state index contributed by atoms with van der Waals surface area (Å²) in [5.74, 6) is 0.0718. The zero-order valence-corrected chi connectivity index (χ0v) is 17.2. The quantitative estimate of drug-likeness (QED) is 0.850. The van der Waals surface area contributed by atoms with Gasteiger partial charge in [-0.15, -0.1) is 0 Å². The number of benzene rings is 1. The molecule has 0 atom stereocenters. The fourth-order valence-electron chi connectivity index (χ4n) is 3.39. The van der Waals surface area contributed by atoms with Crippen molar-refractivity contribution < 1.29 is 14.3 Å². The highest BCUT2D eigenvalue weighted by atomic mass is 16.6. The molecule has 2 heterocycles. The average Bonchev–Trinajstić information content (AvgIpc) is 2.68. The lowest BCUT2D eigenvalue weighted by Gasteiger charge is -2.35. The molecule has 0 aliphatic carbocycles. The summed E-state index contributed by atoms with van der Waals surface area (Å²) in [6.07, 6.45) is 1.33. The van der Waals surface area contributed by atoms with Gasteiger partial charge in [-0.3, -0.25) is 9.59 Å². The van der Waals surface area contributed by atoms with Crippen molar-refractivity contribution >= 4 is 22.8 Å². The Labute approximate surface area is 169 Å². The summed E-state index contributed by atoms with van der Waals surface area (Å²) >= 11 is 0. The first-order valence-electron chi connectivity index (χ1n) is 9.96. The number of ether oxygens (including phenoxy) is 1. The number of piperazine rings is 1. The van der Waals surface area contributed by atoms with Gasteiger partial charge in [0, 0.05) is 38.0 Å². The van der Waals surface area contributed by atoms with Crippen molar-refractivity contribution in [3.63, 3.8) is 0 Å². The first kappa shape index (κ1) is 20.8. The molecule has 1 aliphatic rings. The molecule has 0 unspecified atom stereocenters. The highest BCUT2D eigenvalue weighted by Gasteiger charge is 2.27. The van der Waals surface area contributed by atoms with E-state index in [1.807, 2.05) is 39.0 Å². The van der Waals surface area contributed by atoms with E-state index in [0.717, 1.165) is 11.1 Å². The molecule has 1 aliphatic heterocycles. The van der Waals surface area contributed by atoms with Crippen LogP contribution in [-0.4, -0.2) is 63.8 Å². The summed E-state index contributed by atoms with van der Waals surface area (Å²) in [6, 6.07) is 7.35. The number of carbonyl (C=O) groups excluding carboxylic acids is 2. The number of carbonyl (C=O) groups is 2. The minimum Gasteiger partial charge on any atom is -0.444 e. The number of aromatic amines is 1. The zero-order valence-electron chi connectivity index (χ0n) is 17.2. The van der Waals surface area contributed by atoms with Gasteiger partial charge >= 0.3 is 6.09 Å². The second kappa shape index (κ2) is 8.63. The molecule has 1 N–H and O–H groups in total. The van der Waals surface area contributed by atoms with Gasteiger partial charge in [-0.2, -0.15) is 5.10 Å². The Kier molecular flexibility index (Phi) is 6.20. The van der Waals surface area contributed by atoms with E-state index in [1.54, 1.807) is 15.9 Å². The predicted octanol–water partition coefficient (Wildman–Crippen LogP) is 2.33. The Morgan fingerprint density at radius 2 is 1.69 bits per heavy atom. The van der Waals surface area contributed by atoms with Crippen molar-refractivity contribution in [1.29, 1.82) is 0 Å². The maximum absolute atomic E-state index is 12.5. The van der Waals surface area contributed by atoms with Crippen LogP contribution in [0.15, 0.2) is 29.1 Å². The molecular weight excluding hydrogens is 372 g/mol. The summed E-state index contributed by atoms with van der Waals surface area (Å²) in [5.41, 5.74) is 0.0651. The maximum atomic E-state index is 12.5. The molecule has 1 aromatic heterocycles. The maximum Gasteiger partial charge on any atom is 0.410 e. The van der Waals surface area contributed by atoms with E-state index < -0.39 is 5.60 Å². The molecule has 1 saturated heterocycles. The number of nitrogens with one attached hydrogen (secondary N) is 1. The van der Waals surface area contributed by atoms with Crippen LogP contribution in [0.2, 0.25) is 0 Å². The second-order valence-corrected chi connectivity index (χ2v) is 8.25. The molecule has 2 amide bonds. The highest BCUT2D eigenvalue weighted by Crippen LogP contribution is 2.16. The number of hydrogen-bond donors (Lipinski definition) is 1. The van der Waals surface area contributed by atoms with Crippen LogP contribution in [0, 0.1) is 0 Å². The van der Waals surface area contributed by atoms with E-state index in [-0.39, 0.29) is 17.6 Å². The molecule has 3 rings (SSSR count). The molecule has 29 heavy (non-hydrogen) atoms. The fourth-order valence-corrected chi connectivity index (χ4v) is 3.39. The third kappa shape index (κ3) is 5.34. The summed E-state index contributed by atoms with van der Waals surface area (Å²) in [5, 5.41) is 8.12. The van der Waals surface area contributed by atoms with Crippen LogP contribution in [0.5, 0.6) is 0 Å². The van der Waals surface area contributed by atoms with Gasteiger partial charge in [-0.05, 0) is 39.7 Å². The van der Waals surface area contributed by atoms with Gasteiger partial charge < -0.3 is 14.5 Å². The Morgan fingerprint density at radius 3 is 2.34 bits per heavy atom. The van der Waals surface area contributed by atoms with E-state index >= 15 is 0 Å². The molecule has 0 spiro atoms. The van der Waals surface area contributed by atoms with Gasteiger partial charge in [-0.25, -0.2) is 9.89 Å². The predicted molar refractivity (Wildman–Crippen MR) is 110 cm³/mol. The smallest absolute Gasteiger partial charge is 0.410 e. The SMILES string of the molecule is CC(C)(C)OC(=O)N1CCN(C(=O)CCCc2n[nH]c(=O)c3ccccc23)CC1. The number of H-pyrrole nitrogens is 1. The molecule has 2 aromatic rings. The van der Waals surface area contributed by atoms with E-state index in [1.165, 1.54) is 0 Å². The van der Waals surface area contributed by atoms with Gasteiger partial charge in [0.1, 0.15) is 5.60 Å². The van der Waals surface area contributed by atoms with Gasteiger partial charge in [0.15, 0.2) is 0 Å². The van der Waals surface area contributed by atoms with Gasteiger partial charge in [0.25, 0.3) is 5.56 Å². The summed E-state index contributed by atoms with van der Waals surface area (Å²) in [4.78, 5) is 39.9. The van der Waals surface area contributed by atoms with Gasteiger partial charge in [-0.1, -0.05) is 18.2 Å². The van der Waals surface area contributed by atoms with Crippen LogP contribution in [0.1, 0.15) is 39.3 Å². The van der Waals surface area contributed by atoms with Crippen molar-refractivity contribution in [1.82, 2.24) is 20.0 Å². The zero-order chi connectivity index (χ0) is 21.0. The molecule has 0 radical (unpaired) electrons. The van der Waals surface area contributed by atoms with Crippen molar-refractivity contribution in [2.75, 3.05) is 26.2 Å². The topological polar surface area (TPSA) is 95.6 Å². The number of rotatable bonds is 4. The van der Waals surface area contributed by atoms with Crippen LogP contribution < -0.4 is 5.56 Å². The first-order valence-corrected chi connectivity index (χ1v) is 9.96. The Balaban J connectivity index is 1.48. The molecule has 8 heteroatoms. The third-order valence-electron chi connectivity index (χ3n) is 4.86. The van der Waals surface area contributed by atoms with E-state index in [9.17, 15) is 14.4 Å². The van der Waals surface area contributed by atoms with Gasteiger partial charge in [0.05, 0.1) is 11.1 Å². The average molecular weight is 400 g/mol. The lowest BCUT2D eigenvalue weighted by molar-refractivity contribution is -0.133. The largest absolute Gasteiger partial charge is 0.444 e. The Hall–Kier alpha value is -2.90. The third-order valence-corrected chi connectivity index (χ3v) is 4.86. The normalized spacial score (nSPS) is 14.9. The number of nitrogens with zero attached hydrogens (tertiary/aromatic N) is 3. The molecule has 1 fully saturated rings. The van der Waals surface area contributed by atoms with E-state index in [4.69, 9.17) is 4.74 Å². The van der Waals surface area contributed by atoms with Crippen LogP contribution in [0.3, 0.4) is 0 Å². The van der Waals surface area contributed by atoms with Crippen LogP contribution in [-0.2, 0) is 16.0 Å². The summed E-state index contributed by atoms with van der Waals surface area (Å²) in [6.45, 7) is 7.50. The van der Waals surface area contributed by atoms with Crippen molar-refractivity contribution in [3.05, 3.63) is 40.3 Å². The molecule has 0 bridgehead atoms. The van der Waals surface area contributed by atoms with Crippen LogP contribution in [0.4, 0.5) is 4.79 Å². The number of hydrogen-bond acceptors (Lipinski definition) is 5. The standard InChI is InChI=1S/C21H28N4O4/c1-21(2,3)29-20(28)25-13-11-24(12-14-25)18(26)10-6-9-17-15-7-4-5-8-16(15)19(27)23-22-17/h4-5,7-8H,6,9-14H2,1-3H3,(H,23,27). The summed E-state index contributed by atoms with van der Waals surface area (Å²) < 4.78 is 5.38. The Morgan fingerprint density at radius 1 is 1.07 bits per heavy atom. The highest BCUT2D eigenvalue weighted by molar-refractivity contribution is 5.83. The van der Waals surface area contributed by atoms with E-state index in [2.05, 4.69) is 10.2 Å². The van der Waals surface area contributed by atoms with Crippen molar-refractivity contribution in [3.8, 4) is 0 Å². The summed E-state index contributed by atoms with van der Waals surface area (Å²) in [7, 11) is 0. The van der Waals surface area contributed by atoms with Gasteiger partial charge in [0.2, 0.25) is 5.91 Å². The monoisotopic (exact) mass is 400 g/mol. The second-order valence-electron chi connectivity index (χ2n) is 8.25. The van der Waals surface area contributed by atoms with Crippen LogP contribution in [0.25, 0.3) is 10.8 Å². The number of aromatic nitrogens is 2. The molecular formula is C21H28N4O4.